The topological polar surface area (TPSA) is 12.4 Å². The number of nitrogens with zero attached hydrogens (tertiary/aromatic N) is 1. The zero-order valence-corrected chi connectivity index (χ0v) is 23.7. The summed E-state index contributed by atoms with van der Waals surface area (Å²) in [6.45, 7) is 34.0. The predicted octanol–water partition coefficient (Wildman–Crippen LogP) is 10.8. The molecule has 0 aliphatic heterocycles. The Morgan fingerprint density at radius 2 is 1.22 bits per heavy atom. The van der Waals surface area contributed by atoms with Gasteiger partial charge in [0.1, 0.15) is 0 Å². The first-order valence-electron chi connectivity index (χ1n) is 12.1. The number of allylic oxidation sites excluding steroid dienone is 8. The molecule has 0 unspecified atom stereocenters. The second-order valence-corrected chi connectivity index (χ2v) is 6.64. The van der Waals surface area contributed by atoms with Crippen LogP contribution in [0.1, 0.15) is 93.7 Å². The molecule has 1 heteroatoms. The predicted molar refractivity (Wildman–Crippen MR) is 154 cm³/mol. The maximum Gasteiger partial charge on any atom is 0.0699 e. The van der Waals surface area contributed by atoms with Crippen molar-refractivity contribution in [2.24, 2.45) is 4.99 Å². The van der Waals surface area contributed by atoms with Crippen molar-refractivity contribution in [3.8, 4) is 0 Å². The summed E-state index contributed by atoms with van der Waals surface area (Å²) in [5.74, 6) is 0. The van der Waals surface area contributed by atoms with Gasteiger partial charge in [-0.25, -0.2) is 0 Å². The highest BCUT2D eigenvalue weighted by Gasteiger charge is 2.03. The van der Waals surface area contributed by atoms with E-state index in [2.05, 4.69) is 76.2 Å². The molecule has 0 bridgehead atoms. The molecule has 1 aliphatic rings. The van der Waals surface area contributed by atoms with E-state index in [0.717, 1.165) is 23.4 Å². The van der Waals surface area contributed by atoms with Crippen LogP contribution in [0.5, 0.6) is 0 Å². The van der Waals surface area contributed by atoms with Crippen molar-refractivity contribution in [2.45, 2.75) is 96.4 Å². The van der Waals surface area contributed by atoms with Gasteiger partial charge in [0.05, 0.1) is 5.71 Å². The summed E-state index contributed by atoms with van der Waals surface area (Å²) >= 11 is 0. The monoisotopic (exact) mass is 439 g/mol. The number of hydrogen-bond acceptors (Lipinski definition) is 1. The average Bonchev–Trinajstić information content (AvgIpc) is 2.82. The highest BCUT2D eigenvalue weighted by molar-refractivity contribution is 6.11. The van der Waals surface area contributed by atoms with E-state index in [-0.39, 0.29) is 0 Å². The summed E-state index contributed by atoms with van der Waals surface area (Å²) in [6, 6.07) is 8.48. The molecule has 1 nitrogen and oxygen atoms in total. The highest BCUT2D eigenvalue weighted by Crippen LogP contribution is 2.13. The van der Waals surface area contributed by atoms with E-state index in [4.69, 9.17) is 0 Å². The molecule has 0 saturated carbocycles. The third kappa shape index (κ3) is 23.9. The standard InChI is InChI=1S/C12H15N.C8H10.C5H10.3C2H6/c1-5-11(4)13-12-7-6-9(2)8-10(12)3;1-7-3-5-8(2)6-4-7;1-4-5(2)3;3*1-2/h5-8H,3H2,1-2,4H3;3-6H,1-2H3;2,4H2,1,3H3;3*1-2H3/b11-5-,13-12?;;;;;. The Bertz CT molecular complexity index is 686. The second kappa shape index (κ2) is 26.6. The fraction of sp³-hybridized carbons (Fsp3) is 0.452. The lowest BCUT2D eigenvalue weighted by Crippen LogP contribution is -2.00. The molecular formula is C31H53N. The van der Waals surface area contributed by atoms with E-state index < -0.39 is 0 Å². The summed E-state index contributed by atoms with van der Waals surface area (Å²) in [5, 5.41) is 0. The summed E-state index contributed by atoms with van der Waals surface area (Å²) in [6.07, 6.45) is 9.20. The lowest BCUT2D eigenvalue weighted by Gasteiger charge is -2.07. The molecule has 0 amide bonds. The molecule has 0 spiro atoms. The van der Waals surface area contributed by atoms with Crippen molar-refractivity contribution in [3.63, 3.8) is 0 Å². The van der Waals surface area contributed by atoms with Crippen molar-refractivity contribution in [1.29, 1.82) is 0 Å². The van der Waals surface area contributed by atoms with Crippen molar-refractivity contribution >= 4 is 5.71 Å². The molecule has 0 aromatic heterocycles. The van der Waals surface area contributed by atoms with Gasteiger partial charge in [-0.2, -0.15) is 0 Å². The van der Waals surface area contributed by atoms with Crippen LogP contribution in [0.2, 0.25) is 0 Å². The first-order valence-corrected chi connectivity index (χ1v) is 12.1. The van der Waals surface area contributed by atoms with E-state index in [0.29, 0.717) is 0 Å². The molecule has 0 saturated heterocycles. The number of rotatable bonds is 2. The van der Waals surface area contributed by atoms with Gasteiger partial charge >= 0.3 is 0 Å². The maximum atomic E-state index is 4.42. The van der Waals surface area contributed by atoms with E-state index in [1.807, 2.05) is 80.5 Å². The summed E-state index contributed by atoms with van der Waals surface area (Å²) in [5.41, 5.74) is 8.11. The van der Waals surface area contributed by atoms with Crippen LogP contribution in [-0.2, 0) is 0 Å². The van der Waals surface area contributed by atoms with E-state index in [1.54, 1.807) is 0 Å². The van der Waals surface area contributed by atoms with E-state index in [1.165, 1.54) is 22.3 Å². The third-order valence-electron chi connectivity index (χ3n) is 3.77. The van der Waals surface area contributed by atoms with Crippen LogP contribution in [0.3, 0.4) is 0 Å². The number of benzene rings is 1. The first-order chi connectivity index (χ1) is 15.2. The molecule has 1 aliphatic carbocycles. The van der Waals surface area contributed by atoms with Gasteiger partial charge in [-0.1, -0.05) is 120 Å². The fourth-order valence-corrected chi connectivity index (χ4v) is 1.71. The van der Waals surface area contributed by atoms with Crippen LogP contribution in [0.4, 0.5) is 0 Å². The number of hydrogen-bond donors (Lipinski definition) is 0. The molecule has 0 heterocycles. The van der Waals surface area contributed by atoms with Crippen molar-refractivity contribution in [3.05, 3.63) is 95.3 Å². The minimum Gasteiger partial charge on any atom is -0.254 e. The van der Waals surface area contributed by atoms with Crippen LogP contribution >= 0.6 is 0 Å². The third-order valence-corrected chi connectivity index (χ3v) is 3.77. The molecule has 32 heavy (non-hydrogen) atoms. The first kappa shape index (κ1) is 36.9. The average molecular weight is 440 g/mol. The van der Waals surface area contributed by atoms with Crippen LogP contribution in [0, 0.1) is 13.8 Å². The zero-order valence-electron chi connectivity index (χ0n) is 23.7. The SMILES string of the molecule is C=C(C)CC.C=C1C=C(C)C=CC1=N/C(C)=C\C.CC.CC.CC.Cc1ccc(C)cc1. The molecule has 0 N–H and O–H groups in total. The minimum atomic E-state index is 0.959. The van der Waals surface area contributed by atoms with Gasteiger partial charge in [0.25, 0.3) is 0 Å². The normalized spacial score (nSPS) is 12.5. The van der Waals surface area contributed by atoms with Crippen LogP contribution in [-0.4, -0.2) is 5.71 Å². The van der Waals surface area contributed by atoms with Crippen molar-refractivity contribution in [2.75, 3.05) is 0 Å². The van der Waals surface area contributed by atoms with Gasteiger partial charge in [-0.3, -0.25) is 4.99 Å². The smallest absolute Gasteiger partial charge is 0.0699 e. The largest absolute Gasteiger partial charge is 0.254 e. The zero-order chi connectivity index (χ0) is 26.1. The molecule has 0 fully saturated rings. The molecule has 0 radical (unpaired) electrons. The van der Waals surface area contributed by atoms with Crippen LogP contribution in [0.25, 0.3) is 0 Å². The van der Waals surface area contributed by atoms with Crippen LogP contribution < -0.4 is 0 Å². The minimum absolute atomic E-state index is 0.959. The second-order valence-electron chi connectivity index (χ2n) is 6.64. The Kier molecular flexibility index (Phi) is 30.7. The lowest BCUT2D eigenvalue weighted by molar-refractivity contribution is 1.11. The van der Waals surface area contributed by atoms with Gasteiger partial charge in [-0.15, -0.1) is 6.58 Å². The van der Waals surface area contributed by atoms with E-state index in [9.17, 15) is 0 Å². The van der Waals surface area contributed by atoms with Crippen molar-refractivity contribution < 1.29 is 0 Å². The van der Waals surface area contributed by atoms with Gasteiger partial charge < -0.3 is 0 Å². The maximum absolute atomic E-state index is 4.42. The van der Waals surface area contributed by atoms with E-state index >= 15 is 0 Å². The van der Waals surface area contributed by atoms with Gasteiger partial charge in [-0.05, 0) is 59.6 Å². The van der Waals surface area contributed by atoms with Gasteiger partial charge in [0.15, 0.2) is 0 Å². The quantitative estimate of drug-likeness (QED) is 0.406. The summed E-state index contributed by atoms with van der Waals surface area (Å²) < 4.78 is 0. The number of aliphatic imine (C=N–C) groups is 1. The Morgan fingerprint density at radius 1 is 0.844 bits per heavy atom. The molecule has 1 aromatic carbocycles. The Labute approximate surface area is 202 Å². The summed E-state index contributed by atoms with van der Waals surface area (Å²) in [7, 11) is 0. The molecule has 1 aromatic rings. The number of aryl methyl sites for hydroxylation is 2. The molecular weight excluding hydrogens is 386 g/mol. The Morgan fingerprint density at radius 3 is 1.50 bits per heavy atom. The Hall–Kier alpha value is -2.41. The van der Waals surface area contributed by atoms with Gasteiger partial charge in [0.2, 0.25) is 0 Å². The van der Waals surface area contributed by atoms with Gasteiger partial charge in [0, 0.05) is 5.70 Å². The lowest BCUT2D eigenvalue weighted by atomic mass is 10.0. The summed E-state index contributed by atoms with van der Waals surface area (Å²) in [4.78, 5) is 4.42. The van der Waals surface area contributed by atoms with Crippen molar-refractivity contribution in [1.82, 2.24) is 0 Å². The fourth-order valence-electron chi connectivity index (χ4n) is 1.71. The molecule has 182 valence electrons. The molecule has 2 rings (SSSR count). The molecule has 0 atom stereocenters. The Balaban J connectivity index is -0.000000177. The van der Waals surface area contributed by atoms with Crippen LogP contribution in [0.15, 0.2) is 89.1 Å². The highest BCUT2D eigenvalue weighted by atomic mass is 14.7.